The summed E-state index contributed by atoms with van der Waals surface area (Å²) in [7, 11) is 0. The van der Waals surface area contributed by atoms with Crippen LogP contribution in [0.15, 0.2) is 36.4 Å². The average Bonchev–Trinajstić information content (AvgIpc) is 3.46. The lowest BCUT2D eigenvalue weighted by Gasteiger charge is -2.42. The number of carbonyl (C=O) groups is 1. The number of halogens is 1. The Morgan fingerprint density at radius 3 is 2.54 bits per heavy atom. The summed E-state index contributed by atoms with van der Waals surface area (Å²) in [5.74, 6) is 1.08. The maximum atomic E-state index is 13.0. The van der Waals surface area contributed by atoms with Crippen molar-refractivity contribution in [3.8, 4) is 5.75 Å². The molecule has 2 aromatic carbocycles. The quantitative estimate of drug-likeness (QED) is 0.301. The third kappa shape index (κ3) is 5.71. The fraction of sp³-hybridized carbons (Fsp3) is 0.483. The highest BCUT2D eigenvalue weighted by molar-refractivity contribution is 7.09. The molecule has 3 heterocycles. The largest absolute Gasteiger partial charge is 0.506 e. The maximum absolute atomic E-state index is 13.0. The van der Waals surface area contributed by atoms with E-state index in [-0.39, 0.29) is 22.5 Å². The molecule has 2 amide bonds. The molecule has 0 radical (unpaired) electrons. The molecule has 2 aliphatic rings. The molecule has 0 aliphatic carbocycles. The molecule has 1 aromatic heterocycles. The van der Waals surface area contributed by atoms with Gasteiger partial charge in [-0.05, 0) is 55.6 Å². The lowest BCUT2D eigenvalue weighted by Crippen LogP contribution is -2.47. The van der Waals surface area contributed by atoms with E-state index in [4.69, 9.17) is 11.6 Å². The Hall–Kier alpha value is -2.88. The predicted molar refractivity (Wildman–Crippen MR) is 160 cm³/mol. The van der Waals surface area contributed by atoms with Crippen molar-refractivity contribution < 1.29 is 9.90 Å². The van der Waals surface area contributed by atoms with Crippen LogP contribution in [-0.2, 0) is 5.41 Å². The topological polar surface area (TPSA) is 93.6 Å². The number of phenols is 1. The van der Waals surface area contributed by atoms with Gasteiger partial charge in [0.1, 0.15) is 11.6 Å². The third-order valence-electron chi connectivity index (χ3n) is 7.50. The standard InChI is InChI=1S/C29H37ClN6O2S/c1-18(2)25-32-27(39-34-25)33-26(38)31-20-8-6-7-9-21(20)36-17-29(23-19(30)10-11-22(37)24(23)36)12-14-35(15-13-29)16-28(3,4)5/h6-11,18,37H,12-17H2,1-5H3,(H2,31,32,33,34,38). The molecule has 1 fully saturated rings. The van der Waals surface area contributed by atoms with Crippen molar-refractivity contribution in [2.75, 3.05) is 41.7 Å². The number of nitrogens with zero attached hydrogens (tertiary/aromatic N) is 4. The van der Waals surface area contributed by atoms with Crippen molar-refractivity contribution in [1.82, 2.24) is 14.3 Å². The van der Waals surface area contributed by atoms with Gasteiger partial charge < -0.3 is 20.2 Å². The third-order valence-corrected chi connectivity index (χ3v) is 8.46. The minimum Gasteiger partial charge on any atom is -0.506 e. The molecule has 1 spiro atoms. The first-order valence-electron chi connectivity index (χ1n) is 13.5. The number of fused-ring (bicyclic) bond motifs is 2. The molecular formula is C29H37ClN6O2S. The first-order valence-corrected chi connectivity index (χ1v) is 14.6. The van der Waals surface area contributed by atoms with E-state index in [1.54, 1.807) is 12.1 Å². The van der Waals surface area contributed by atoms with Gasteiger partial charge >= 0.3 is 6.03 Å². The number of nitrogens with one attached hydrogen (secondary N) is 2. The van der Waals surface area contributed by atoms with Crippen molar-refractivity contribution in [2.45, 2.75) is 58.8 Å². The van der Waals surface area contributed by atoms with Crippen LogP contribution in [0.1, 0.15) is 64.8 Å². The number of amides is 2. The second-order valence-corrected chi connectivity index (χ2v) is 13.4. The molecule has 3 aromatic rings. The molecule has 2 aliphatic heterocycles. The molecule has 1 saturated heterocycles. The fourth-order valence-corrected chi connectivity index (χ4v) is 6.86. The minimum atomic E-state index is -0.395. The second-order valence-electron chi connectivity index (χ2n) is 12.2. The van der Waals surface area contributed by atoms with Crippen molar-refractivity contribution in [1.29, 1.82) is 0 Å². The molecule has 10 heteroatoms. The van der Waals surface area contributed by atoms with Crippen molar-refractivity contribution in [3.05, 3.63) is 52.8 Å². The zero-order valence-electron chi connectivity index (χ0n) is 23.2. The van der Waals surface area contributed by atoms with E-state index in [2.05, 4.69) is 50.6 Å². The summed E-state index contributed by atoms with van der Waals surface area (Å²) in [6, 6.07) is 10.7. The van der Waals surface area contributed by atoms with Gasteiger partial charge in [-0.1, -0.05) is 58.4 Å². The fourth-order valence-electron chi connectivity index (χ4n) is 5.80. The molecule has 0 atom stereocenters. The number of piperidine rings is 1. The van der Waals surface area contributed by atoms with Crippen LogP contribution in [0.25, 0.3) is 0 Å². The number of benzene rings is 2. The molecular weight excluding hydrogens is 532 g/mol. The van der Waals surface area contributed by atoms with Gasteiger partial charge in [0.15, 0.2) is 0 Å². The average molecular weight is 569 g/mol. The van der Waals surface area contributed by atoms with Crippen LogP contribution in [0, 0.1) is 5.41 Å². The van der Waals surface area contributed by atoms with E-state index in [1.807, 2.05) is 38.1 Å². The zero-order valence-corrected chi connectivity index (χ0v) is 24.8. The Balaban J connectivity index is 1.42. The van der Waals surface area contributed by atoms with E-state index in [0.717, 1.165) is 60.9 Å². The van der Waals surface area contributed by atoms with Crippen LogP contribution in [0.3, 0.4) is 0 Å². The molecule has 0 bridgehead atoms. The number of aromatic hydroxyl groups is 1. The van der Waals surface area contributed by atoms with Crippen molar-refractivity contribution >= 4 is 51.4 Å². The highest BCUT2D eigenvalue weighted by atomic mass is 35.5. The van der Waals surface area contributed by atoms with Crippen LogP contribution in [-0.4, -0.2) is 51.6 Å². The smallest absolute Gasteiger partial charge is 0.325 e. The van der Waals surface area contributed by atoms with Gasteiger partial charge in [0.25, 0.3) is 0 Å². The number of aromatic nitrogens is 2. The Bertz CT molecular complexity index is 1360. The first kappa shape index (κ1) is 27.7. The number of likely N-dealkylation sites (tertiary alicyclic amines) is 1. The monoisotopic (exact) mass is 568 g/mol. The number of hydrogen-bond donors (Lipinski definition) is 3. The van der Waals surface area contributed by atoms with Gasteiger partial charge in [-0.2, -0.15) is 4.37 Å². The molecule has 208 valence electrons. The number of para-hydroxylation sites is 2. The van der Waals surface area contributed by atoms with Crippen LogP contribution in [0.5, 0.6) is 5.75 Å². The maximum Gasteiger partial charge on any atom is 0.325 e. The van der Waals surface area contributed by atoms with E-state index >= 15 is 0 Å². The van der Waals surface area contributed by atoms with Gasteiger partial charge in [-0.25, -0.2) is 9.78 Å². The second kappa shape index (κ2) is 10.6. The SMILES string of the molecule is CC(C)c1nsc(NC(=O)Nc2ccccc2N2CC3(CCN(CC(C)(C)C)CC3)c3c(Cl)ccc(O)c32)n1. The van der Waals surface area contributed by atoms with Gasteiger partial charge in [0, 0.05) is 46.5 Å². The summed E-state index contributed by atoms with van der Waals surface area (Å²) >= 11 is 8.02. The number of carbonyl (C=O) groups excluding carboxylic acids is 1. The van der Waals surface area contributed by atoms with E-state index in [0.29, 0.717) is 28.2 Å². The Morgan fingerprint density at radius 1 is 1.15 bits per heavy atom. The molecule has 3 N–H and O–H groups in total. The van der Waals surface area contributed by atoms with Gasteiger partial charge in [0.2, 0.25) is 5.13 Å². The highest BCUT2D eigenvalue weighted by Crippen LogP contribution is 2.56. The van der Waals surface area contributed by atoms with Gasteiger partial charge in [-0.3, -0.25) is 5.32 Å². The molecule has 8 nitrogen and oxygen atoms in total. The highest BCUT2D eigenvalue weighted by Gasteiger charge is 2.48. The molecule has 0 unspecified atom stereocenters. The Kier molecular flexibility index (Phi) is 7.52. The summed E-state index contributed by atoms with van der Waals surface area (Å²) < 4.78 is 4.31. The normalized spacial score (nSPS) is 17.1. The van der Waals surface area contributed by atoms with E-state index in [9.17, 15) is 9.90 Å². The Labute approximate surface area is 239 Å². The molecule has 0 saturated carbocycles. The number of hydrogen-bond acceptors (Lipinski definition) is 7. The minimum absolute atomic E-state index is 0.183. The Morgan fingerprint density at radius 2 is 1.87 bits per heavy atom. The summed E-state index contributed by atoms with van der Waals surface area (Å²) in [6.45, 7) is 14.5. The van der Waals surface area contributed by atoms with Crippen LogP contribution < -0.4 is 15.5 Å². The summed E-state index contributed by atoms with van der Waals surface area (Å²) in [4.78, 5) is 22.0. The number of rotatable bonds is 5. The van der Waals surface area contributed by atoms with E-state index < -0.39 is 6.03 Å². The number of anilines is 4. The zero-order chi connectivity index (χ0) is 27.9. The molecule has 39 heavy (non-hydrogen) atoms. The summed E-state index contributed by atoms with van der Waals surface area (Å²) in [6.07, 6.45) is 1.89. The van der Waals surface area contributed by atoms with Crippen LogP contribution in [0.2, 0.25) is 5.02 Å². The number of phenolic OH excluding ortho intramolecular Hbond substituents is 1. The summed E-state index contributed by atoms with van der Waals surface area (Å²) in [5.41, 5.74) is 3.23. The van der Waals surface area contributed by atoms with Crippen LogP contribution in [0.4, 0.5) is 27.0 Å². The lowest BCUT2D eigenvalue weighted by molar-refractivity contribution is 0.125. The van der Waals surface area contributed by atoms with Gasteiger partial charge in [-0.15, -0.1) is 0 Å². The van der Waals surface area contributed by atoms with E-state index in [1.165, 1.54) is 0 Å². The van der Waals surface area contributed by atoms with Crippen LogP contribution >= 0.6 is 23.1 Å². The predicted octanol–water partition coefficient (Wildman–Crippen LogP) is 7.20. The van der Waals surface area contributed by atoms with Crippen molar-refractivity contribution in [2.24, 2.45) is 5.41 Å². The van der Waals surface area contributed by atoms with Crippen molar-refractivity contribution in [3.63, 3.8) is 0 Å². The lowest BCUT2D eigenvalue weighted by atomic mass is 9.74. The molecule has 5 rings (SSSR count). The van der Waals surface area contributed by atoms with Gasteiger partial charge in [0.05, 0.1) is 17.1 Å². The number of urea groups is 1. The first-order chi connectivity index (χ1) is 18.5. The summed E-state index contributed by atoms with van der Waals surface area (Å²) in [5, 5.41) is 18.0.